The standard InChI is InChI=1S/C9H8ClN3O2S.C2H2O4/c10-8-2-1-3-12-9(8)16(14,15)5-7-4-11-6-13-7;3-1(4)2(5)6/h1-4,6H,5H2,(H,11,13);(H,3,4)(H,5,6). The number of nitrogens with zero attached hydrogens (tertiary/aromatic N) is 2. The van der Waals surface area contributed by atoms with Crippen molar-refractivity contribution in [1.29, 1.82) is 0 Å². The first-order valence-electron chi connectivity index (χ1n) is 5.51. The number of nitrogens with one attached hydrogen (secondary N) is 1. The molecule has 2 aromatic rings. The Morgan fingerprint density at radius 1 is 1.23 bits per heavy atom. The predicted octanol–water partition coefficient (Wildman–Crippen LogP) is 0.588. The molecule has 3 N–H and O–H groups in total. The lowest BCUT2D eigenvalue weighted by Gasteiger charge is -2.02. The van der Waals surface area contributed by atoms with Crippen molar-refractivity contribution in [2.45, 2.75) is 10.8 Å². The molecule has 0 saturated carbocycles. The molecule has 2 heterocycles. The Morgan fingerprint density at radius 3 is 2.32 bits per heavy atom. The van der Waals surface area contributed by atoms with E-state index in [4.69, 9.17) is 31.4 Å². The summed E-state index contributed by atoms with van der Waals surface area (Å²) in [5.74, 6) is -3.86. The van der Waals surface area contributed by atoms with Gasteiger partial charge in [-0.25, -0.2) is 28.0 Å². The van der Waals surface area contributed by atoms with E-state index in [9.17, 15) is 8.42 Å². The summed E-state index contributed by atoms with van der Waals surface area (Å²) in [5.41, 5.74) is 0.432. The number of pyridine rings is 1. The van der Waals surface area contributed by atoms with Gasteiger partial charge in [0.15, 0.2) is 5.03 Å². The number of sulfone groups is 1. The second-order valence-electron chi connectivity index (χ2n) is 3.72. The van der Waals surface area contributed by atoms with Crippen LogP contribution in [0.25, 0.3) is 0 Å². The molecule has 0 aliphatic carbocycles. The second-order valence-corrected chi connectivity index (χ2v) is 6.03. The SMILES string of the molecule is O=C(O)C(=O)O.O=S(=O)(Cc1c[nH]cn1)c1ncccc1Cl. The maximum Gasteiger partial charge on any atom is 0.414 e. The molecule has 0 bridgehead atoms. The minimum absolute atomic E-state index is 0.111. The molecular formula is C11H10ClN3O6S. The number of aromatic nitrogens is 3. The van der Waals surface area contributed by atoms with Crippen molar-refractivity contribution in [2.75, 3.05) is 0 Å². The molecule has 0 atom stereocenters. The molecular weight excluding hydrogens is 338 g/mol. The van der Waals surface area contributed by atoms with Crippen molar-refractivity contribution in [3.05, 3.63) is 41.6 Å². The zero-order chi connectivity index (χ0) is 16.8. The van der Waals surface area contributed by atoms with Gasteiger partial charge in [-0.15, -0.1) is 0 Å². The van der Waals surface area contributed by atoms with Crippen molar-refractivity contribution in [3.8, 4) is 0 Å². The van der Waals surface area contributed by atoms with E-state index in [1.165, 1.54) is 24.8 Å². The molecule has 118 valence electrons. The molecule has 0 aliphatic heterocycles. The first-order chi connectivity index (χ1) is 10.2. The van der Waals surface area contributed by atoms with E-state index in [-0.39, 0.29) is 15.8 Å². The molecule has 22 heavy (non-hydrogen) atoms. The number of imidazole rings is 1. The largest absolute Gasteiger partial charge is 0.473 e. The van der Waals surface area contributed by atoms with Crippen molar-refractivity contribution >= 4 is 33.4 Å². The molecule has 11 heteroatoms. The molecule has 0 unspecified atom stereocenters. The summed E-state index contributed by atoms with van der Waals surface area (Å²) in [4.78, 5) is 28.5. The number of hydrogen-bond donors (Lipinski definition) is 3. The van der Waals surface area contributed by atoms with E-state index < -0.39 is 21.8 Å². The Bertz CT molecular complexity index is 748. The molecule has 2 aromatic heterocycles. The van der Waals surface area contributed by atoms with Crippen LogP contribution in [0.15, 0.2) is 35.9 Å². The summed E-state index contributed by atoms with van der Waals surface area (Å²) in [6, 6.07) is 3.07. The highest BCUT2D eigenvalue weighted by Crippen LogP contribution is 2.21. The van der Waals surface area contributed by atoms with E-state index in [1.807, 2.05) is 0 Å². The second kappa shape index (κ2) is 7.52. The van der Waals surface area contributed by atoms with Crippen molar-refractivity contribution in [2.24, 2.45) is 0 Å². The third kappa shape index (κ3) is 5.14. The number of carbonyl (C=O) groups is 2. The molecule has 0 spiro atoms. The van der Waals surface area contributed by atoms with Gasteiger partial charge in [0.25, 0.3) is 0 Å². The van der Waals surface area contributed by atoms with Crippen molar-refractivity contribution in [1.82, 2.24) is 15.0 Å². The summed E-state index contributed by atoms with van der Waals surface area (Å²) in [6.07, 6.45) is 4.34. The smallest absolute Gasteiger partial charge is 0.414 e. The fourth-order valence-corrected chi connectivity index (χ4v) is 2.98. The van der Waals surface area contributed by atoms with E-state index >= 15 is 0 Å². The van der Waals surface area contributed by atoms with Gasteiger partial charge in [0.2, 0.25) is 9.84 Å². The summed E-state index contributed by atoms with van der Waals surface area (Å²) < 4.78 is 23.8. The highest BCUT2D eigenvalue weighted by atomic mass is 35.5. The number of aromatic amines is 1. The molecule has 0 fully saturated rings. The normalized spacial score (nSPS) is 10.4. The molecule has 0 saturated heterocycles. The minimum atomic E-state index is -3.54. The van der Waals surface area contributed by atoms with Gasteiger partial charge >= 0.3 is 11.9 Å². The number of halogens is 1. The zero-order valence-corrected chi connectivity index (χ0v) is 12.4. The Balaban J connectivity index is 0.000000346. The molecule has 0 aromatic carbocycles. The Labute approximate surface area is 129 Å². The number of rotatable bonds is 3. The quantitative estimate of drug-likeness (QED) is 0.682. The lowest BCUT2D eigenvalue weighted by molar-refractivity contribution is -0.159. The highest BCUT2D eigenvalue weighted by Gasteiger charge is 2.20. The van der Waals surface area contributed by atoms with Crippen molar-refractivity contribution < 1.29 is 28.2 Å². The number of carboxylic acid groups (broad SMARTS) is 2. The lowest BCUT2D eigenvalue weighted by atomic mass is 10.5. The van der Waals surface area contributed by atoms with E-state index in [0.717, 1.165) is 0 Å². The van der Waals surface area contributed by atoms with Gasteiger partial charge in [0, 0.05) is 12.4 Å². The van der Waals surface area contributed by atoms with Crippen LogP contribution in [0.4, 0.5) is 0 Å². The van der Waals surface area contributed by atoms with Crippen LogP contribution >= 0.6 is 11.6 Å². The van der Waals surface area contributed by atoms with Gasteiger partial charge in [0.1, 0.15) is 5.75 Å². The molecule has 0 amide bonds. The first-order valence-corrected chi connectivity index (χ1v) is 7.54. The van der Waals surface area contributed by atoms with Gasteiger partial charge in [-0.05, 0) is 12.1 Å². The Kier molecular flexibility index (Phi) is 6.01. The summed E-state index contributed by atoms with van der Waals surface area (Å²) in [6.45, 7) is 0. The summed E-state index contributed by atoms with van der Waals surface area (Å²) in [7, 11) is -3.54. The topological polar surface area (TPSA) is 150 Å². The third-order valence-corrected chi connectivity index (χ3v) is 4.10. The van der Waals surface area contributed by atoms with Crippen LogP contribution < -0.4 is 0 Å². The number of hydrogen-bond acceptors (Lipinski definition) is 6. The predicted molar refractivity (Wildman–Crippen MR) is 74.0 cm³/mol. The monoisotopic (exact) mass is 347 g/mol. The fraction of sp³-hybridized carbons (Fsp3) is 0.0909. The highest BCUT2D eigenvalue weighted by molar-refractivity contribution is 7.90. The van der Waals surface area contributed by atoms with Crippen LogP contribution in [0.2, 0.25) is 5.02 Å². The van der Waals surface area contributed by atoms with Gasteiger partial charge in [-0.2, -0.15) is 0 Å². The first kappa shape index (κ1) is 17.6. The van der Waals surface area contributed by atoms with Crippen LogP contribution in [0, 0.1) is 0 Å². The minimum Gasteiger partial charge on any atom is -0.473 e. The van der Waals surface area contributed by atoms with Crippen LogP contribution in [0.1, 0.15) is 5.69 Å². The third-order valence-electron chi connectivity index (χ3n) is 2.10. The molecule has 2 rings (SSSR count). The average molecular weight is 348 g/mol. The lowest BCUT2D eigenvalue weighted by Crippen LogP contribution is -2.09. The summed E-state index contributed by atoms with van der Waals surface area (Å²) in [5, 5.41) is 14.8. The number of carboxylic acids is 2. The Hall–Kier alpha value is -2.46. The average Bonchev–Trinajstić information content (AvgIpc) is 2.91. The van der Waals surface area contributed by atoms with Crippen LogP contribution in [-0.4, -0.2) is 45.5 Å². The maximum atomic E-state index is 11.9. The van der Waals surface area contributed by atoms with Crippen LogP contribution in [-0.2, 0) is 25.2 Å². The van der Waals surface area contributed by atoms with E-state index in [1.54, 1.807) is 6.07 Å². The maximum absolute atomic E-state index is 11.9. The molecule has 0 radical (unpaired) electrons. The molecule has 0 aliphatic rings. The van der Waals surface area contributed by atoms with Gasteiger partial charge < -0.3 is 15.2 Å². The van der Waals surface area contributed by atoms with Crippen LogP contribution in [0.3, 0.4) is 0 Å². The number of H-pyrrole nitrogens is 1. The van der Waals surface area contributed by atoms with Crippen molar-refractivity contribution in [3.63, 3.8) is 0 Å². The fourth-order valence-electron chi connectivity index (χ4n) is 1.23. The number of aliphatic carboxylic acids is 2. The van der Waals surface area contributed by atoms with Gasteiger partial charge in [-0.3, -0.25) is 0 Å². The van der Waals surface area contributed by atoms with Gasteiger partial charge in [-0.1, -0.05) is 11.6 Å². The molecule has 9 nitrogen and oxygen atoms in total. The summed E-state index contributed by atoms with van der Waals surface area (Å²) >= 11 is 5.78. The van der Waals surface area contributed by atoms with Crippen LogP contribution in [0.5, 0.6) is 0 Å². The Morgan fingerprint density at radius 2 is 1.86 bits per heavy atom. The van der Waals surface area contributed by atoms with E-state index in [2.05, 4.69) is 15.0 Å². The zero-order valence-electron chi connectivity index (χ0n) is 10.8. The van der Waals surface area contributed by atoms with E-state index in [0.29, 0.717) is 5.69 Å². The van der Waals surface area contributed by atoms with Gasteiger partial charge in [0.05, 0.1) is 17.0 Å².